The average molecular weight is 385 g/mol. The van der Waals surface area contributed by atoms with Gasteiger partial charge in [0.05, 0.1) is 16.9 Å². The summed E-state index contributed by atoms with van der Waals surface area (Å²) in [5.74, 6) is -0.0116. The molecule has 0 spiro atoms. The fraction of sp³-hybridized carbons (Fsp3) is 0.800. The molecule has 1 N–H and O–H groups in total. The first-order chi connectivity index (χ1) is 12.4. The molecule has 0 bridgehead atoms. The van der Waals surface area contributed by atoms with Crippen LogP contribution in [-0.2, 0) is 4.79 Å². The lowest BCUT2D eigenvalue weighted by Gasteiger charge is -2.27. The Kier molecular flexibility index (Phi) is 10.9. The number of carbonyl (C=O) groups excluding carboxylic acids is 1. The van der Waals surface area contributed by atoms with Crippen LogP contribution in [0.5, 0.6) is 0 Å². The van der Waals surface area contributed by atoms with E-state index in [1.165, 1.54) is 38.5 Å². The number of carbonyl (C=O) groups is 1. The molecule has 2 atom stereocenters. The molecule has 5 nitrogen and oxygen atoms in total. The Balaban J connectivity index is 2.54. The van der Waals surface area contributed by atoms with Crippen molar-refractivity contribution in [2.45, 2.75) is 85.2 Å². The van der Waals surface area contributed by atoms with Gasteiger partial charge < -0.3 is 10.2 Å². The second-order valence-electron chi connectivity index (χ2n) is 7.32. The second-order valence-corrected chi connectivity index (χ2v) is 7.73. The SMILES string of the molecule is CCCCCN(CCCCC)CC(C)NC(=O)C(C)n1ncc(Cl)c1C. The van der Waals surface area contributed by atoms with E-state index < -0.39 is 0 Å². The van der Waals surface area contributed by atoms with Crippen LogP contribution in [0.1, 0.15) is 78.0 Å². The van der Waals surface area contributed by atoms with Crippen molar-refractivity contribution in [2.75, 3.05) is 19.6 Å². The normalized spacial score (nSPS) is 13.8. The summed E-state index contributed by atoms with van der Waals surface area (Å²) >= 11 is 6.05. The lowest BCUT2D eigenvalue weighted by atomic mass is 10.2. The van der Waals surface area contributed by atoms with Gasteiger partial charge in [-0.05, 0) is 46.7 Å². The van der Waals surface area contributed by atoms with Crippen molar-refractivity contribution in [1.82, 2.24) is 20.0 Å². The van der Waals surface area contributed by atoms with Crippen molar-refractivity contribution in [3.63, 3.8) is 0 Å². The highest BCUT2D eigenvalue weighted by Gasteiger charge is 2.21. The highest BCUT2D eigenvalue weighted by molar-refractivity contribution is 6.31. The number of nitrogens with one attached hydrogen (secondary N) is 1. The van der Waals surface area contributed by atoms with Gasteiger partial charge >= 0.3 is 0 Å². The van der Waals surface area contributed by atoms with E-state index in [0.717, 1.165) is 25.3 Å². The first-order valence-electron chi connectivity index (χ1n) is 10.1. The standard InChI is InChI=1S/C20H37ClN4O/c1-6-8-10-12-24(13-11-9-7-2)15-16(3)23-20(26)18(5)25-17(4)19(21)14-22-25/h14,16,18H,6-13,15H2,1-5H3,(H,23,26). The van der Waals surface area contributed by atoms with Gasteiger partial charge in [0, 0.05) is 12.6 Å². The predicted molar refractivity (Wildman–Crippen MR) is 110 cm³/mol. The molecule has 1 rings (SSSR count). The lowest BCUT2D eigenvalue weighted by molar-refractivity contribution is -0.124. The van der Waals surface area contributed by atoms with Crippen molar-refractivity contribution in [3.05, 3.63) is 16.9 Å². The maximum Gasteiger partial charge on any atom is 0.244 e. The second kappa shape index (κ2) is 12.3. The molecule has 1 aromatic heterocycles. The highest BCUT2D eigenvalue weighted by atomic mass is 35.5. The molecule has 0 radical (unpaired) electrons. The molecule has 6 heteroatoms. The third-order valence-electron chi connectivity index (χ3n) is 4.81. The zero-order chi connectivity index (χ0) is 19.5. The van der Waals surface area contributed by atoms with E-state index in [2.05, 4.69) is 36.1 Å². The maximum atomic E-state index is 12.6. The van der Waals surface area contributed by atoms with Gasteiger partial charge in [-0.2, -0.15) is 5.10 Å². The number of halogens is 1. The van der Waals surface area contributed by atoms with Crippen LogP contribution in [0.25, 0.3) is 0 Å². The summed E-state index contributed by atoms with van der Waals surface area (Å²) in [6.07, 6.45) is 9.04. The number of rotatable bonds is 13. The van der Waals surface area contributed by atoms with E-state index in [1.54, 1.807) is 10.9 Å². The Morgan fingerprint density at radius 2 is 1.77 bits per heavy atom. The summed E-state index contributed by atoms with van der Waals surface area (Å²) in [6.45, 7) is 13.4. The Bertz CT molecular complexity index is 522. The molecule has 0 aliphatic carbocycles. The summed E-state index contributed by atoms with van der Waals surface area (Å²) in [5, 5.41) is 7.95. The average Bonchev–Trinajstić information content (AvgIpc) is 2.93. The minimum atomic E-state index is -0.362. The van der Waals surface area contributed by atoms with Crippen molar-refractivity contribution >= 4 is 17.5 Å². The number of amides is 1. The molecule has 0 aliphatic rings. The Labute approximate surface area is 164 Å². The Hall–Kier alpha value is -1.07. The zero-order valence-corrected chi connectivity index (χ0v) is 18.0. The molecule has 1 amide bonds. The monoisotopic (exact) mass is 384 g/mol. The Morgan fingerprint density at radius 3 is 2.23 bits per heavy atom. The molecule has 0 aliphatic heterocycles. The Morgan fingerprint density at radius 1 is 1.19 bits per heavy atom. The molecule has 0 saturated carbocycles. The van der Waals surface area contributed by atoms with Gasteiger partial charge in [-0.1, -0.05) is 51.1 Å². The van der Waals surface area contributed by atoms with Gasteiger partial charge in [-0.25, -0.2) is 0 Å². The van der Waals surface area contributed by atoms with Crippen LogP contribution in [0.3, 0.4) is 0 Å². The van der Waals surface area contributed by atoms with Gasteiger partial charge in [0.1, 0.15) is 6.04 Å². The van der Waals surface area contributed by atoms with Crippen LogP contribution >= 0.6 is 11.6 Å². The first-order valence-corrected chi connectivity index (χ1v) is 10.5. The van der Waals surface area contributed by atoms with Crippen LogP contribution < -0.4 is 5.32 Å². The molecule has 0 saturated heterocycles. The fourth-order valence-electron chi connectivity index (χ4n) is 3.17. The van der Waals surface area contributed by atoms with E-state index in [1.807, 2.05) is 13.8 Å². The zero-order valence-electron chi connectivity index (χ0n) is 17.2. The molecule has 1 heterocycles. The van der Waals surface area contributed by atoms with E-state index in [-0.39, 0.29) is 18.0 Å². The third-order valence-corrected chi connectivity index (χ3v) is 5.18. The number of aromatic nitrogens is 2. The molecule has 26 heavy (non-hydrogen) atoms. The van der Waals surface area contributed by atoms with E-state index in [0.29, 0.717) is 5.02 Å². The van der Waals surface area contributed by atoms with Gasteiger partial charge in [0.15, 0.2) is 0 Å². The number of hydrogen-bond donors (Lipinski definition) is 1. The van der Waals surface area contributed by atoms with Crippen LogP contribution in [0, 0.1) is 6.92 Å². The van der Waals surface area contributed by atoms with Crippen LogP contribution in [-0.4, -0.2) is 46.3 Å². The number of hydrogen-bond acceptors (Lipinski definition) is 3. The molecule has 0 fully saturated rings. The van der Waals surface area contributed by atoms with Crippen molar-refractivity contribution < 1.29 is 4.79 Å². The van der Waals surface area contributed by atoms with Crippen LogP contribution in [0.2, 0.25) is 5.02 Å². The van der Waals surface area contributed by atoms with Gasteiger partial charge in [0.25, 0.3) is 0 Å². The maximum absolute atomic E-state index is 12.6. The summed E-state index contributed by atoms with van der Waals surface area (Å²) in [4.78, 5) is 15.1. The van der Waals surface area contributed by atoms with Crippen molar-refractivity contribution in [2.24, 2.45) is 0 Å². The molecule has 150 valence electrons. The van der Waals surface area contributed by atoms with E-state index >= 15 is 0 Å². The smallest absolute Gasteiger partial charge is 0.244 e. The van der Waals surface area contributed by atoms with Gasteiger partial charge in [-0.3, -0.25) is 9.48 Å². The fourth-order valence-corrected chi connectivity index (χ4v) is 3.30. The van der Waals surface area contributed by atoms with Crippen molar-refractivity contribution in [3.8, 4) is 0 Å². The molecule has 0 aromatic carbocycles. The van der Waals surface area contributed by atoms with E-state index in [9.17, 15) is 4.79 Å². The van der Waals surface area contributed by atoms with Gasteiger partial charge in [-0.15, -0.1) is 0 Å². The minimum Gasteiger partial charge on any atom is -0.351 e. The predicted octanol–water partition coefficient (Wildman–Crippen LogP) is 4.59. The molecule has 1 aromatic rings. The first kappa shape index (κ1) is 23.0. The van der Waals surface area contributed by atoms with Crippen LogP contribution in [0.4, 0.5) is 0 Å². The molecular weight excluding hydrogens is 348 g/mol. The summed E-state index contributed by atoms with van der Waals surface area (Å²) in [7, 11) is 0. The van der Waals surface area contributed by atoms with Gasteiger partial charge in [0.2, 0.25) is 5.91 Å². The molecular formula is C20H37ClN4O. The quantitative estimate of drug-likeness (QED) is 0.506. The summed E-state index contributed by atoms with van der Waals surface area (Å²) in [6, 6.07) is -0.252. The minimum absolute atomic E-state index is 0.0116. The number of unbranched alkanes of at least 4 members (excludes halogenated alkanes) is 4. The largest absolute Gasteiger partial charge is 0.351 e. The summed E-state index contributed by atoms with van der Waals surface area (Å²) in [5.41, 5.74) is 0.822. The van der Waals surface area contributed by atoms with E-state index in [4.69, 9.17) is 11.6 Å². The van der Waals surface area contributed by atoms with Crippen LogP contribution in [0.15, 0.2) is 6.20 Å². The lowest BCUT2D eigenvalue weighted by Crippen LogP contribution is -2.44. The molecule has 2 unspecified atom stereocenters. The number of nitrogens with zero attached hydrogens (tertiary/aromatic N) is 3. The summed E-state index contributed by atoms with van der Waals surface area (Å²) < 4.78 is 1.69. The topological polar surface area (TPSA) is 50.2 Å². The third kappa shape index (κ3) is 7.67. The van der Waals surface area contributed by atoms with Crippen molar-refractivity contribution in [1.29, 1.82) is 0 Å². The highest BCUT2D eigenvalue weighted by Crippen LogP contribution is 2.17.